The molecule has 1 aliphatic carbocycles. The lowest BCUT2D eigenvalue weighted by atomic mass is 9.73. The van der Waals surface area contributed by atoms with Crippen LogP contribution in [-0.2, 0) is 14.9 Å². The minimum absolute atomic E-state index is 0.260. The first-order valence-electron chi connectivity index (χ1n) is 16.5. The fourth-order valence-corrected chi connectivity index (χ4v) is 8.63. The van der Waals surface area contributed by atoms with Gasteiger partial charge in [0.05, 0.1) is 42.2 Å². The van der Waals surface area contributed by atoms with Crippen LogP contribution in [0.5, 0.6) is 0 Å². The Morgan fingerprint density at radius 2 is 1.74 bits per heavy atom. The molecule has 3 saturated heterocycles. The van der Waals surface area contributed by atoms with E-state index in [1.54, 1.807) is 0 Å². The molecule has 9 heteroatoms. The Hall–Kier alpha value is -2.52. The van der Waals surface area contributed by atoms with Crippen molar-refractivity contribution in [3.8, 4) is 11.3 Å². The van der Waals surface area contributed by atoms with E-state index in [9.17, 15) is 4.79 Å². The highest BCUT2D eigenvalue weighted by Gasteiger charge is 2.56. The number of fused-ring (bicyclic) bond motifs is 3. The molecule has 8 rings (SSSR count). The summed E-state index contributed by atoms with van der Waals surface area (Å²) in [4.78, 5) is 31.6. The minimum Gasteiger partial charge on any atom is -0.378 e. The number of amides is 1. The molecule has 1 saturated carbocycles. The first-order valence-corrected chi connectivity index (χ1v) is 16.9. The summed E-state index contributed by atoms with van der Waals surface area (Å²) in [5.74, 6) is 0.319. The van der Waals surface area contributed by atoms with Crippen LogP contribution in [0.1, 0.15) is 76.8 Å². The van der Waals surface area contributed by atoms with E-state index in [1.807, 2.05) is 12.4 Å². The van der Waals surface area contributed by atoms with Gasteiger partial charge in [-0.15, -0.1) is 0 Å². The molecule has 0 unspecified atom stereocenters. The first-order chi connectivity index (χ1) is 21.0. The average molecular weight is 603 g/mol. The Morgan fingerprint density at radius 3 is 2.44 bits per heavy atom. The van der Waals surface area contributed by atoms with Crippen molar-refractivity contribution >= 4 is 34.2 Å². The minimum atomic E-state index is -0.435. The number of carbonyl (C=O) groups is 1. The number of pyridine rings is 1. The second-order valence-corrected chi connectivity index (χ2v) is 14.0. The Labute approximate surface area is 259 Å². The summed E-state index contributed by atoms with van der Waals surface area (Å²) in [6.45, 7) is 10.3. The third-order valence-corrected chi connectivity index (χ3v) is 11.7. The van der Waals surface area contributed by atoms with Crippen LogP contribution >= 0.6 is 11.6 Å². The van der Waals surface area contributed by atoms with Crippen molar-refractivity contribution in [2.24, 2.45) is 0 Å². The molecule has 4 aliphatic heterocycles. The molecule has 1 amide bonds. The third kappa shape index (κ3) is 4.46. The molecule has 0 N–H and O–H groups in total. The maximum Gasteiger partial charge on any atom is 0.238 e. The number of likely N-dealkylation sites (tertiary alicyclic amines) is 2. The number of nitrogens with zero attached hydrogens (tertiary/aromatic N) is 6. The van der Waals surface area contributed by atoms with Crippen molar-refractivity contribution in [1.82, 2.24) is 24.3 Å². The average Bonchev–Trinajstić information content (AvgIpc) is 3.51. The molecule has 228 valence electrons. The predicted molar refractivity (Wildman–Crippen MR) is 170 cm³/mol. The Morgan fingerprint density at radius 1 is 1.00 bits per heavy atom. The summed E-state index contributed by atoms with van der Waals surface area (Å²) >= 11 is 6.82. The molecular weight excluding hydrogens is 560 g/mol. The van der Waals surface area contributed by atoms with Gasteiger partial charge in [-0.3, -0.25) is 9.69 Å². The molecule has 0 bridgehead atoms. The monoisotopic (exact) mass is 602 g/mol. The zero-order valence-corrected chi connectivity index (χ0v) is 26.2. The SMILES string of the molecule is CC[C@H](C)n1cnc2cc(-c3ccc4c(c3)N(C3CC(N5CCCCC5)C3)C(=O)C43CCN(C4COC4)CC3)nc(Cl)c21. The highest BCUT2D eigenvalue weighted by atomic mass is 35.5. The largest absolute Gasteiger partial charge is 0.378 e. The quantitative estimate of drug-likeness (QED) is 0.331. The van der Waals surface area contributed by atoms with Gasteiger partial charge in [-0.25, -0.2) is 9.97 Å². The molecular formula is C34H43ClN6O2. The summed E-state index contributed by atoms with van der Waals surface area (Å²) in [6, 6.07) is 10.3. The highest BCUT2D eigenvalue weighted by Crippen LogP contribution is 2.52. The second-order valence-electron chi connectivity index (χ2n) is 13.7. The van der Waals surface area contributed by atoms with Gasteiger partial charge in [-0.2, -0.15) is 0 Å². The summed E-state index contributed by atoms with van der Waals surface area (Å²) in [7, 11) is 0. The van der Waals surface area contributed by atoms with E-state index < -0.39 is 5.41 Å². The van der Waals surface area contributed by atoms with E-state index in [1.165, 1.54) is 37.9 Å². The van der Waals surface area contributed by atoms with Crippen molar-refractivity contribution < 1.29 is 9.53 Å². The molecule has 1 spiro atoms. The molecule has 8 nitrogen and oxygen atoms in total. The predicted octanol–water partition coefficient (Wildman–Crippen LogP) is 5.82. The lowest BCUT2D eigenvalue weighted by Crippen LogP contribution is -2.59. The van der Waals surface area contributed by atoms with E-state index in [0.29, 0.717) is 29.2 Å². The number of piperidine rings is 2. The number of carbonyl (C=O) groups excluding carboxylic acids is 1. The maximum absolute atomic E-state index is 14.6. The molecule has 1 aromatic carbocycles. The van der Waals surface area contributed by atoms with Crippen LogP contribution in [-0.4, -0.2) is 87.8 Å². The van der Waals surface area contributed by atoms with Gasteiger partial charge in [0.2, 0.25) is 5.91 Å². The van der Waals surface area contributed by atoms with Crippen LogP contribution in [0.25, 0.3) is 22.3 Å². The summed E-state index contributed by atoms with van der Waals surface area (Å²) in [5, 5.41) is 0.478. The van der Waals surface area contributed by atoms with E-state index >= 15 is 0 Å². The van der Waals surface area contributed by atoms with Gasteiger partial charge in [-0.05, 0) is 95.7 Å². The van der Waals surface area contributed by atoms with Crippen LogP contribution in [0.2, 0.25) is 5.15 Å². The molecule has 0 radical (unpaired) electrons. The van der Waals surface area contributed by atoms with Gasteiger partial charge in [0.15, 0.2) is 5.15 Å². The van der Waals surface area contributed by atoms with Crippen LogP contribution in [0.15, 0.2) is 30.6 Å². The first kappa shape index (κ1) is 28.0. The van der Waals surface area contributed by atoms with Crippen molar-refractivity contribution in [3.63, 3.8) is 0 Å². The van der Waals surface area contributed by atoms with Gasteiger partial charge in [-0.1, -0.05) is 37.1 Å². The van der Waals surface area contributed by atoms with Gasteiger partial charge in [0.25, 0.3) is 0 Å². The number of benzene rings is 1. The number of hydrogen-bond acceptors (Lipinski definition) is 6. The fraction of sp³-hybridized carbons (Fsp3) is 0.618. The molecule has 4 fully saturated rings. The van der Waals surface area contributed by atoms with Crippen LogP contribution < -0.4 is 4.90 Å². The Bertz CT molecular complexity index is 1530. The molecule has 1 atom stereocenters. The zero-order valence-electron chi connectivity index (χ0n) is 25.5. The number of anilines is 1. The van der Waals surface area contributed by atoms with Gasteiger partial charge in [0, 0.05) is 29.4 Å². The molecule has 5 aliphatic rings. The summed E-state index contributed by atoms with van der Waals surface area (Å²) in [5.41, 5.74) is 5.41. The Kier molecular flexibility index (Phi) is 7.05. The van der Waals surface area contributed by atoms with Crippen LogP contribution in [0.3, 0.4) is 0 Å². The number of ether oxygens (including phenoxy) is 1. The molecule has 43 heavy (non-hydrogen) atoms. The molecule has 2 aromatic heterocycles. The molecule has 6 heterocycles. The summed E-state index contributed by atoms with van der Waals surface area (Å²) in [6.07, 6.45) is 10.7. The van der Waals surface area contributed by atoms with Gasteiger partial charge < -0.3 is 19.1 Å². The highest BCUT2D eigenvalue weighted by molar-refractivity contribution is 6.34. The number of halogens is 1. The lowest BCUT2D eigenvalue weighted by molar-refractivity contribution is -0.128. The van der Waals surface area contributed by atoms with Crippen molar-refractivity contribution in [2.45, 2.75) is 94.8 Å². The summed E-state index contributed by atoms with van der Waals surface area (Å²) < 4.78 is 7.60. The normalized spacial score (nSPS) is 27.0. The van der Waals surface area contributed by atoms with Crippen molar-refractivity contribution in [2.75, 3.05) is 44.3 Å². The second kappa shape index (κ2) is 10.8. The van der Waals surface area contributed by atoms with Crippen LogP contribution in [0.4, 0.5) is 5.69 Å². The van der Waals surface area contributed by atoms with Gasteiger partial charge >= 0.3 is 0 Å². The number of hydrogen-bond donors (Lipinski definition) is 0. The van der Waals surface area contributed by atoms with Gasteiger partial charge in [0.1, 0.15) is 5.52 Å². The van der Waals surface area contributed by atoms with E-state index in [4.69, 9.17) is 26.3 Å². The molecule has 3 aromatic rings. The maximum atomic E-state index is 14.6. The lowest BCUT2D eigenvalue weighted by Gasteiger charge is -2.48. The number of aromatic nitrogens is 3. The van der Waals surface area contributed by atoms with E-state index in [0.717, 1.165) is 86.4 Å². The topological polar surface area (TPSA) is 66.7 Å². The van der Waals surface area contributed by atoms with Crippen molar-refractivity contribution in [3.05, 3.63) is 41.3 Å². The number of imidazole rings is 1. The standard InChI is InChI=1S/C34H43ClN6O2/c1-3-22(2)40-21-36-29-18-28(37-32(35)31(29)40)23-7-8-27-30(15-23)41(25-16-24(17-25)38-11-5-4-6-12-38)33(42)34(27)9-13-39(14-10-34)26-19-43-20-26/h7-8,15,18,21-22,24-26H,3-6,9-14,16-17,19-20H2,1-2H3/t22-,24?,25?/m0/s1. The smallest absolute Gasteiger partial charge is 0.238 e. The number of rotatable bonds is 6. The van der Waals surface area contributed by atoms with Crippen LogP contribution in [0, 0.1) is 0 Å². The third-order valence-electron chi connectivity index (χ3n) is 11.4. The zero-order chi connectivity index (χ0) is 29.3. The fourth-order valence-electron chi connectivity index (χ4n) is 8.35. The Balaban J connectivity index is 1.14. The van der Waals surface area contributed by atoms with E-state index in [-0.39, 0.29) is 6.04 Å². The van der Waals surface area contributed by atoms with Crippen molar-refractivity contribution in [1.29, 1.82) is 0 Å². The van der Waals surface area contributed by atoms with E-state index in [2.05, 4.69) is 51.3 Å².